The van der Waals surface area contributed by atoms with Gasteiger partial charge in [-0.2, -0.15) is 0 Å². The van der Waals surface area contributed by atoms with Crippen molar-refractivity contribution in [2.45, 2.75) is 39.3 Å². The molecule has 1 N–H and O–H groups in total. The van der Waals surface area contributed by atoms with Crippen molar-refractivity contribution >= 4 is 21.6 Å². The van der Waals surface area contributed by atoms with E-state index >= 15 is 0 Å². The fourth-order valence-electron chi connectivity index (χ4n) is 2.45. The molecule has 0 aromatic heterocycles. The van der Waals surface area contributed by atoms with E-state index in [1.165, 1.54) is 22.1 Å². The number of nitrogens with zero attached hydrogens (tertiary/aromatic N) is 1. The molecule has 0 amide bonds. The van der Waals surface area contributed by atoms with Crippen molar-refractivity contribution in [3.63, 3.8) is 0 Å². The van der Waals surface area contributed by atoms with Crippen molar-refractivity contribution in [1.29, 1.82) is 0 Å². The number of benzene rings is 1. The smallest absolute Gasteiger partial charge is 0.0410 e. The molecule has 0 aliphatic carbocycles. The van der Waals surface area contributed by atoms with Crippen LogP contribution in [-0.2, 0) is 0 Å². The second kappa shape index (κ2) is 5.40. The number of piperazine rings is 1. The quantitative estimate of drug-likeness (QED) is 0.900. The number of anilines is 1. The minimum Gasteiger partial charge on any atom is -0.366 e. The van der Waals surface area contributed by atoms with Crippen LogP contribution in [0.25, 0.3) is 0 Å². The molecular formula is C14H21BrN2. The predicted molar refractivity (Wildman–Crippen MR) is 77.8 cm³/mol. The molecule has 3 heteroatoms. The van der Waals surface area contributed by atoms with Gasteiger partial charge < -0.3 is 10.2 Å². The molecular weight excluding hydrogens is 276 g/mol. The van der Waals surface area contributed by atoms with E-state index in [-0.39, 0.29) is 0 Å². The molecule has 2 nitrogen and oxygen atoms in total. The standard InChI is InChI=1S/C14H21BrN2/c1-4-12-9-17(10(2)8-16-12)14-7-5-6-13(15)11(14)3/h5-7,10,12,16H,4,8-9H2,1-3H3. The first-order valence-corrected chi connectivity index (χ1v) is 7.18. The van der Waals surface area contributed by atoms with E-state index in [4.69, 9.17) is 0 Å². The van der Waals surface area contributed by atoms with E-state index in [0.717, 1.165) is 13.1 Å². The Balaban J connectivity index is 2.27. The maximum absolute atomic E-state index is 3.62. The molecule has 94 valence electrons. The van der Waals surface area contributed by atoms with Crippen LogP contribution in [0.5, 0.6) is 0 Å². The first kappa shape index (κ1) is 12.9. The van der Waals surface area contributed by atoms with E-state index in [1.54, 1.807) is 0 Å². The molecule has 0 spiro atoms. The molecule has 1 saturated heterocycles. The fourth-order valence-corrected chi connectivity index (χ4v) is 2.80. The highest BCUT2D eigenvalue weighted by molar-refractivity contribution is 9.10. The largest absolute Gasteiger partial charge is 0.366 e. The molecule has 1 aliphatic rings. The Hall–Kier alpha value is -0.540. The van der Waals surface area contributed by atoms with Crippen LogP contribution in [0.4, 0.5) is 5.69 Å². The molecule has 1 aliphatic heterocycles. The SMILES string of the molecule is CCC1CN(c2cccc(Br)c2C)C(C)CN1. The molecule has 1 fully saturated rings. The Morgan fingerprint density at radius 3 is 2.94 bits per heavy atom. The number of hydrogen-bond donors (Lipinski definition) is 1. The lowest BCUT2D eigenvalue weighted by atomic mass is 10.0. The van der Waals surface area contributed by atoms with Gasteiger partial charge in [0.15, 0.2) is 0 Å². The van der Waals surface area contributed by atoms with E-state index < -0.39 is 0 Å². The number of hydrogen-bond acceptors (Lipinski definition) is 2. The lowest BCUT2D eigenvalue weighted by Crippen LogP contribution is -2.55. The van der Waals surface area contributed by atoms with E-state index in [0.29, 0.717) is 12.1 Å². The lowest BCUT2D eigenvalue weighted by Gasteiger charge is -2.41. The summed E-state index contributed by atoms with van der Waals surface area (Å²) in [7, 11) is 0. The molecule has 1 heterocycles. The van der Waals surface area contributed by atoms with Gasteiger partial charge in [-0.15, -0.1) is 0 Å². The molecule has 17 heavy (non-hydrogen) atoms. The van der Waals surface area contributed by atoms with Crippen LogP contribution < -0.4 is 10.2 Å². The van der Waals surface area contributed by atoms with E-state index in [2.05, 4.69) is 65.1 Å². The Morgan fingerprint density at radius 2 is 2.24 bits per heavy atom. The molecule has 0 saturated carbocycles. The van der Waals surface area contributed by atoms with Crippen LogP contribution in [0.3, 0.4) is 0 Å². The van der Waals surface area contributed by atoms with Gasteiger partial charge in [-0.1, -0.05) is 28.9 Å². The zero-order valence-corrected chi connectivity index (χ0v) is 12.4. The molecule has 1 aromatic rings. The molecule has 0 bridgehead atoms. The number of nitrogens with one attached hydrogen (secondary N) is 1. The molecule has 1 aromatic carbocycles. The lowest BCUT2D eigenvalue weighted by molar-refractivity contribution is 0.397. The van der Waals surface area contributed by atoms with Gasteiger partial charge in [0.05, 0.1) is 0 Å². The summed E-state index contributed by atoms with van der Waals surface area (Å²) in [6.07, 6.45) is 1.19. The maximum atomic E-state index is 3.62. The van der Waals surface area contributed by atoms with Gasteiger partial charge in [0.1, 0.15) is 0 Å². The van der Waals surface area contributed by atoms with Crippen molar-refractivity contribution in [1.82, 2.24) is 5.32 Å². The van der Waals surface area contributed by atoms with Crippen molar-refractivity contribution in [3.8, 4) is 0 Å². The first-order valence-electron chi connectivity index (χ1n) is 6.38. The highest BCUT2D eigenvalue weighted by Crippen LogP contribution is 2.29. The summed E-state index contributed by atoms with van der Waals surface area (Å²) in [6, 6.07) is 7.65. The average molecular weight is 297 g/mol. The zero-order chi connectivity index (χ0) is 12.4. The van der Waals surface area contributed by atoms with Crippen LogP contribution >= 0.6 is 15.9 Å². The average Bonchev–Trinajstić information content (AvgIpc) is 2.34. The van der Waals surface area contributed by atoms with Crippen molar-refractivity contribution < 1.29 is 0 Å². The Bertz CT molecular complexity index is 392. The molecule has 2 unspecified atom stereocenters. The van der Waals surface area contributed by atoms with Crippen LogP contribution in [-0.4, -0.2) is 25.2 Å². The Kier molecular flexibility index (Phi) is 4.10. The van der Waals surface area contributed by atoms with Gasteiger partial charge >= 0.3 is 0 Å². The summed E-state index contributed by atoms with van der Waals surface area (Å²) in [5.74, 6) is 0. The van der Waals surface area contributed by atoms with Gasteiger partial charge in [0.25, 0.3) is 0 Å². The second-order valence-electron chi connectivity index (χ2n) is 4.90. The van der Waals surface area contributed by atoms with Gasteiger partial charge in [0, 0.05) is 35.3 Å². The first-order chi connectivity index (χ1) is 8.13. The van der Waals surface area contributed by atoms with Gasteiger partial charge in [-0.05, 0) is 38.0 Å². The van der Waals surface area contributed by atoms with E-state index in [9.17, 15) is 0 Å². The monoisotopic (exact) mass is 296 g/mol. The van der Waals surface area contributed by atoms with Gasteiger partial charge in [-0.25, -0.2) is 0 Å². The Labute approximate surface area is 113 Å². The minimum absolute atomic E-state index is 0.561. The predicted octanol–water partition coefficient (Wildman–Crippen LogP) is 3.33. The number of rotatable bonds is 2. The topological polar surface area (TPSA) is 15.3 Å². The van der Waals surface area contributed by atoms with Gasteiger partial charge in [-0.3, -0.25) is 0 Å². The van der Waals surface area contributed by atoms with Crippen molar-refractivity contribution in [2.24, 2.45) is 0 Å². The highest BCUT2D eigenvalue weighted by Gasteiger charge is 2.25. The third kappa shape index (κ3) is 2.66. The van der Waals surface area contributed by atoms with Crippen molar-refractivity contribution in [3.05, 3.63) is 28.2 Å². The van der Waals surface area contributed by atoms with Crippen molar-refractivity contribution in [2.75, 3.05) is 18.0 Å². The van der Waals surface area contributed by atoms with Crippen LogP contribution in [0.2, 0.25) is 0 Å². The van der Waals surface area contributed by atoms with Crippen LogP contribution in [0.1, 0.15) is 25.8 Å². The van der Waals surface area contributed by atoms with Crippen LogP contribution in [0.15, 0.2) is 22.7 Å². The normalized spacial score (nSPS) is 25.1. The summed E-state index contributed by atoms with van der Waals surface area (Å²) in [6.45, 7) is 8.91. The minimum atomic E-state index is 0.561. The molecule has 2 rings (SSSR count). The summed E-state index contributed by atoms with van der Waals surface area (Å²) in [5, 5.41) is 3.60. The summed E-state index contributed by atoms with van der Waals surface area (Å²) < 4.78 is 1.20. The summed E-state index contributed by atoms with van der Waals surface area (Å²) in [5.41, 5.74) is 2.71. The third-order valence-corrected chi connectivity index (χ3v) is 4.55. The second-order valence-corrected chi connectivity index (χ2v) is 5.75. The molecule has 2 atom stereocenters. The number of halogens is 1. The van der Waals surface area contributed by atoms with Gasteiger partial charge in [0.2, 0.25) is 0 Å². The zero-order valence-electron chi connectivity index (χ0n) is 10.8. The Morgan fingerprint density at radius 1 is 1.47 bits per heavy atom. The molecule has 0 radical (unpaired) electrons. The van der Waals surface area contributed by atoms with Crippen LogP contribution in [0, 0.1) is 6.92 Å². The summed E-state index contributed by atoms with van der Waals surface area (Å²) >= 11 is 3.62. The third-order valence-electron chi connectivity index (χ3n) is 3.69. The van der Waals surface area contributed by atoms with E-state index in [1.807, 2.05) is 0 Å². The highest BCUT2D eigenvalue weighted by atomic mass is 79.9. The summed E-state index contributed by atoms with van der Waals surface area (Å²) in [4.78, 5) is 2.53. The fraction of sp³-hybridized carbons (Fsp3) is 0.571. The maximum Gasteiger partial charge on any atom is 0.0410 e.